The highest BCUT2D eigenvalue weighted by Crippen LogP contribution is 2.17. The van der Waals surface area contributed by atoms with Crippen LogP contribution in [0.25, 0.3) is 0 Å². The number of carbonyl (C=O) groups excluding carboxylic acids is 1. The van der Waals surface area contributed by atoms with E-state index in [-0.39, 0.29) is 10.8 Å². The van der Waals surface area contributed by atoms with Crippen LogP contribution in [0, 0.1) is 20.8 Å². The Kier molecular flexibility index (Phi) is 7.63. The maximum atomic E-state index is 12.0. The fourth-order valence-corrected chi connectivity index (χ4v) is 3.86. The van der Waals surface area contributed by atoms with Crippen LogP contribution in [-0.4, -0.2) is 33.7 Å². The zero-order valence-corrected chi connectivity index (χ0v) is 17.9. The summed E-state index contributed by atoms with van der Waals surface area (Å²) in [5.41, 5.74) is 5.09. The van der Waals surface area contributed by atoms with Gasteiger partial charge in [-0.15, -0.1) is 0 Å². The molecule has 0 radical (unpaired) electrons. The van der Waals surface area contributed by atoms with Gasteiger partial charge in [0.1, 0.15) is 5.75 Å². The predicted octanol–water partition coefficient (Wildman–Crippen LogP) is 3.53. The minimum absolute atomic E-state index is 0.0124. The lowest BCUT2D eigenvalue weighted by Crippen LogP contribution is -2.26. The number of carbonyl (C=O) groups is 1. The molecule has 2 rings (SSSR count). The van der Waals surface area contributed by atoms with Gasteiger partial charge in [0, 0.05) is 19.2 Å². The second kappa shape index (κ2) is 9.73. The molecule has 1 N–H and O–H groups in total. The Morgan fingerprint density at radius 2 is 1.64 bits per heavy atom. The molecular formula is C22H29NO4S. The zero-order valence-electron chi connectivity index (χ0n) is 17.0. The average molecular weight is 404 g/mol. The number of hydrogen-bond donors (Lipinski definition) is 1. The molecule has 0 unspecified atom stereocenters. The van der Waals surface area contributed by atoms with Gasteiger partial charge < -0.3 is 10.1 Å². The van der Waals surface area contributed by atoms with Crippen LogP contribution in [0.3, 0.4) is 0 Å². The first kappa shape index (κ1) is 22.0. The molecule has 5 nitrogen and oxygen atoms in total. The number of ether oxygens (including phenoxy) is 1. The normalized spacial score (nSPS) is 11.3. The van der Waals surface area contributed by atoms with Crippen molar-refractivity contribution in [3.05, 3.63) is 58.7 Å². The minimum atomic E-state index is -3.20. The number of hydrogen-bond acceptors (Lipinski definition) is 4. The highest BCUT2D eigenvalue weighted by molar-refractivity contribution is 7.90. The molecule has 0 saturated heterocycles. The number of benzene rings is 2. The largest absolute Gasteiger partial charge is 0.494 e. The summed E-state index contributed by atoms with van der Waals surface area (Å²) in [4.78, 5) is 12.3. The van der Waals surface area contributed by atoms with Crippen LogP contribution in [0.2, 0.25) is 0 Å². The number of nitrogens with one attached hydrogen (secondary N) is 1. The van der Waals surface area contributed by atoms with Crippen LogP contribution in [0.4, 0.5) is 0 Å². The van der Waals surface area contributed by atoms with Crippen LogP contribution >= 0.6 is 0 Å². The van der Waals surface area contributed by atoms with Crippen molar-refractivity contribution in [2.24, 2.45) is 0 Å². The van der Waals surface area contributed by atoms with E-state index in [0.717, 1.165) is 6.42 Å². The number of aryl methyl sites for hydroxylation is 3. The van der Waals surface area contributed by atoms with Crippen LogP contribution in [-0.2, 0) is 21.1 Å². The molecule has 0 aliphatic carbocycles. The smallest absolute Gasteiger partial charge is 0.220 e. The molecule has 28 heavy (non-hydrogen) atoms. The van der Waals surface area contributed by atoms with Crippen molar-refractivity contribution >= 4 is 15.7 Å². The lowest BCUT2D eigenvalue weighted by Gasteiger charge is -2.12. The lowest BCUT2D eigenvalue weighted by molar-refractivity contribution is -0.121. The monoisotopic (exact) mass is 403 g/mol. The molecule has 2 aromatic carbocycles. The SMILES string of the molecule is Cc1cc(C)c(CCNC(=O)CCCOc2ccc(S(C)(=O)=O)cc2)c(C)c1. The van der Waals surface area contributed by atoms with Gasteiger partial charge in [0.15, 0.2) is 9.84 Å². The Morgan fingerprint density at radius 1 is 1.04 bits per heavy atom. The van der Waals surface area contributed by atoms with Crippen molar-refractivity contribution in [3.8, 4) is 5.75 Å². The van der Waals surface area contributed by atoms with Gasteiger partial charge in [-0.05, 0) is 74.6 Å². The van der Waals surface area contributed by atoms with Gasteiger partial charge in [-0.3, -0.25) is 4.79 Å². The van der Waals surface area contributed by atoms with Gasteiger partial charge >= 0.3 is 0 Å². The van der Waals surface area contributed by atoms with Crippen LogP contribution in [0.1, 0.15) is 35.1 Å². The number of rotatable bonds is 9. The van der Waals surface area contributed by atoms with E-state index in [9.17, 15) is 13.2 Å². The molecule has 0 aliphatic heterocycles. The summed E-state index contributed by atoms with van der Waals surface area (Å²) in [6, 6.07) is 10.6. The van der Waals surface area contributed by atoms with E-state index >= 15 is 0 Å². The fourth-order valence-electron chi connectivity index (χ4n) is 3.23. The van der Waals surface area contributed by atoms with E-state index in [1.54, 1.807) is 12.1 Å². The number of sulfone groups is 1. The summed E-state index contributed by atoms with van der Waals surface area (Å²) < 4.78 is 28.4. The van der Waals surface area contributed by atoms with Gasteiger partial charge in [0.2, 0.25) is 5.91 Å². The average Bonchev–Trinajstić information content (AvgIpc) is 2.60. The fraction of sp³-hybridized carbons (Fsp3) is 0.409. The highest BCUT2D eigenvalue weighted by atomic mass is 32.2. The molecular weight excluding hydrogens is 374 g/mol. The minimum Gasteiger partial charge on any atom is -0.494 e. The Balaban J connectivity index is 1.68. The van der Waals surface area contributed by atoms with Crippen LogP contribution in [0.15, 0.2) is 41.3 Å². The molecule has 6 heteroatoms. The Morgan fingerprint density at radius 3 is 2.21 bits per heavy atom. The summed E-state index contributed by atoms with van der Waals surface area (Å²) >= 11 is 0. The molecule has 0 spiro atoms. The zero-order chi connectivity index (χ0) is 20.7. The van der Waals surface area contributed by atoms with E-state index in [2.05, 4.69) is 38.2 Å². The van der Waals surface area contributed by atoms with Crippen molar-refractivity contribution in [1.29, 1.82) is 0 Å². The van der Waals surface area contributed by atoms with Crippen molar-refractivity contribution in [2.75, 3.05) is 19.4 Å². The van der Waals surface area contributed by atoms with Gasteiger partial charge in [0.25, 0.3) is 0 Å². The molecule has 0 bridgehead atoms. The van der Waals surface area contributed by atoms with Crippen molar-refractivity contribution in [2.45, 2.75) is 44.9 Å². The summed E-state index contributed by atoms with van der Waals surface area (Å²) in [6.07, 6.45) is 2.99. The molecule has 0 heterocycles. The first-order valence-electron chi connectivity index (χ1n) is 9.43. The van der Waals surface area contributed by atoms with E-state index in [0.29, 0.717) is 31.7 Å². The van der Waals surface area contributed by atoms with Crippen molar-refractivity contribution in [3.63, 3.8) is 0 Å². The first-order valence-corrected chi connectivity index (χ1v) is 11.3. The molecule has 152 valence electrons. The van der Waals surface area contributed by atoms with E-state index in [4.69, 9.17) is 4.74 Å². The second-order valence-corrected chi connectivity index (χ2v) is 9.19. The molecule has 0 atom stereocenters. The molecule has 0 aromatic heterocycles. The Labute approximate surface area is 168 Å². The first-order chi connectivity index (χ1) is 13.2. The maximum absolute atomic E-state index is 12.0. The van der Waals surface area contributed by atoms with Crippen molar-refractivity contribution < 1.29 is 17.9 Å². The Hall–Kier alpha value is -2.34. The van der Waals surface area contributed by atoms with E-state index < -0.39 is 9.84 Å². The summed E-state index contributed by atoms with van der Waals surface area (Å²) in [5, 5.41) is 2.96. The lowest BCUT2D eigenvalue weighted by atomic mass is 9.97. The molecule has 0 saturated carbocycles. The van der Waals surface area contributed by atoms with Crippen LogP contribution < -0.4 is 10.1 Å². The van der Waals surface area contributed by atoms with Gasteiger partial charge in [-0.2, -0.15) is 0 Å². The summed E-state index contributed by atoms with van der Waals surface area (Å²) in [6.45, 7) is 7.33. The van der Waals surface area contributed by atoms with E-state index in [1.165, 1.54) is 40.6 Å². The molecule has 0 aliphatic rings. The predicted molar refractivity (Wildman–Crippen MR) is 112 cm³/mol. The topological polar surface area (TPSA) is 72.5 Å². The third-order valence-corrected chi connectivity index (χ3v) is 5.73. The number of amides is 1. The quantitative estimate of drug-likeness (QED) is 0.650. The maximum Gasteiger partial charge on any atom is 0.220 e. The standard InChI is InChI=1S/C22H29NO4S/c1-16-14-17(2)21(18(3)15-16)11-12-23-22(24)6-5-13-27-19-7-9-20(10-8-19)28(4,25)26/h7-10,14-15H,5-6,11-13H2,1-4H3,(H,23,24). The third kappa shape index (κ3) is 6.68. The third-order valence-electron chi connectivity index (χ3n) is 4.61. The van der Waals surface area contributed by atoms with Gasteiger partial charge in [-0.25, -0.2) is 8.42 Å². The Bertz CT molecular complexity index is 895. The van der Waals surface area contributed by atoms with Crippen LogP contribution in [0.5, 0.6) is 5.75 Å². The summed E-state index contributed by atoms with van der Waals surface area (Å²) in [5.74, 6) is 0.608. The van der Waals surface area contributed by atoms with Crippen molar-refractivity contribution in [1.82, 2.24) is 5.32 Å². The van der Waals surface area contributed by atoms with Gasteiger partial charge in [-0.1, -0.05) is 17.7 Å². The van der Waals surface area contributed by atoms with Gasteiger partial charge in [0.05, 0.1) is 11.5 Å². The van der Waals surface area contributed by atoms with E-state index in [1.807, 2.05) is 0 Å². The molecule has 0 fully saturated rings. The second-order valence-electron chi connectivity index (χ2n) is 7.17. The molecule has 2 aromatic rings. The summed E-state index contributed by atoms with van der Waals surface area (Å²) in [7, 11) is -3.20. The molecule has 1 amide bonds. The highest BCUT2D eigenvalue weighted by Gasteiger charge is 2.08.